The first-order chi connectivity index (χ1) is 9.06. The minimum Gasteiger partial charge on any atom is -0.487 e. The Morgan fingerprint density at radius 2 is 2.16 bits per heavy atom. The lowest BCUT2D eigenvalue weighted by molar-refractivity contribution is 0.0696. The number of hydrogen-bond acceptors (Lipinski definition) is 3. The number of aromatic carboxylic acids is 1. The van der Waals surface area contributed by atoms with Gasteiger partial charge in [-0.2, -0.15) is 0 Å². The smallest absolute Gasteiger partial charge is 0.337 e. The monoisotopic (exact) mass is 277 g/mol. The maximum Gasteiger partial charge on any atom is 0.337 e. The summed E-state index contributed by atoms with van der Waals surface area (Å²) < 4.78 is 5.49. The predicted molar refractivity (Wildman–Crippen MR) is 71.7 cm³/mol. The van der Waals surface area contributed by atoms with E-state index in [1.165, 1.54) is 18.5 Å². The molecule has 19 heavy (non-hydrogen) atoms. The molecule has 1 N–H and O–H groups in total. The zero-order valence-electron chi connectivity index (χ0n) is 10.3. The first-order valence-electron chi connectivity index (χ1n) is 5.62. The molecule has 2 aromatic rings. The number of hydrogen-bond donors (Lipinski definition) is 1. The second kappa shape index (κ2) is 5.71. The molecule has 0 amide bonds. The van der Waals surface area contributed by atoms with Gasteiger partial charge in [-0.1, -0.05) is 23.7 Å². The lowest BCUT2D eigenvalue weighted by atomic mass is 10.1. The van der Waals surface area contributed by atoms with Gasteiger partial charge in [0, 0.05) is 16.8 Å². The van der Waals surface area contributed by atoms with Gasteiger partial charge in [-0.15, -0.1) is 0 Å². The van der Waals surface area contributed by atoms with Crippen LogP contribution in [0.25, 0.3) is 0 Å². The van der Waals surface area contributed by atoms with E-state index in [0.717, 1.165) is 11.1 Å². The molecule has 1 aromatic carbocycles. The van der Waals surface area contributed by atoms with Crippen LogP contribution >= 0.6 is 11.6 Å². The van der Waals surface area contributed by atoms with Gasteiger partial charge < -0.3 is 9.84 Å². The first kappa shape index (κ1) is 13.4. The van der Waals surface area contributed by atoms with Gasteiger partial charge in [0.1, 0.15) is 12.4 Å². The number of aryl methyl sites for hydroxylation is 1. The van der Waals surface area contributed by atoms with Crippen LogP contribution in [-0.2, 0) is 6.61 Å². The second-order valence-corrected chi connectivity index (χ2v) is 4.51. The zero-order chi connectivity index (χ0) is 13.8. The van der Waals surface area contributed by atoms with Gasteiger partial charge in [0.2, 0.25) is 0 Å². The summed E-state index contributed by atoms with van der Waals surface area (Å²) in [5.74, 6) is -0.636. The number of pyridine rings is 1. The number of carboxylic acid groups (broad SMARTS) is 1. The van der Waals surface area contributed by atoms with E-state index in [1.807, 2.05) is 25.1 Å². The van der Waals surface area contributed by atoms with E-state index in [-0.39, 0.29) is 12.2 Å². The summed E-state index contributed by atoms with van der Waals surface area (Å²) in [7, 11) is 0. The maximum absolute atomic E-state index is 10.8. The number of aromatic nitrogens is 1. The highest BCUT2D eigenvalue weighted by Crippen LogP contribution is 2.20. The van der Waals surface area contributed by atoms with Gasteiger partial charge in [-0.05, 0) is 24.6 Å². The summed E-state index contributed by atoms with van der Waals surface area (Å²) in [5.41, 5.74) is 2.00. The van der Waals surface area contributed by atoms with Crippen molar-refractivity contribution in [2.24, 2.45) is 0 Å². The van der Waals surface area contributed by atoms with E-state index in [0.29, 0.717) is 10.8 Å². The summed E-state index contributed by atoms with van der Waals surface area (Å²) in [5, 5.41) is 9.48. The van der Waals surface area contributed by atoms with Crippen LogP contribution in [0.2, 0.25) is 5.02 Å². The highest BCUT2D eigenvalue weighted by atomic mass is 35.5. The Labute approximate surface area is 115 Å². The second-order valence-electron chi connectivity index (χ2n) is 4.10. The molecule has 1 heterocycles. The summed E-state index contributed by atoms with van der Waals surface area (Å²) >= 11 is 6.09. The largest absolute Gasteiger partial charge is 0.487 e. The lowest BCUT2D eigenvalue weighted by Gasteiger charge is -2.08. The van der Waals surface area contributed by atoms with E-state index >= 15 is 0 Å². The van der Waals surface area contributed by atoms with Crippen molar-refractivity contribution >= 4 is 17.6 Å². The number of rotatable bonds is 4. The molecule has 0 atom stereocenters. The molecule has 2 rings (SSSR count). The summed E-state index contributed by atoms with van der Waals surface area (Å²) in [4.78, 5) is 14.6. The molecular formula is C14H12ClNO3. The van der Waals surface area contributed by atoms with Crippen molar-refractivity contribution in [3.63, 3.8) is 0 Å². The van der Waals surface area contributed by atoms with Crippen LogP contribution in [0, 0.1) is 6.92 Å². The number of carbonyl (C=O) groups is 1. The highest BCUT2D eigenvalue weighted by molar-refractivity contribution is 6.31. The van der Waals surface area contributed by atoms with Gasteiger partial charge in [0.15, 0.2) is 0 Å². The van der Waals surface area contributed by atoms with Crippen LogP contribution in [-0.4, -0.2) is 16.1 Å². The Balaban J connectivity index is 2.10. The fourth-order valence-electron chi connectivity index (χ4n) is 1.55. The molecule has 0 aliphatic rings. The predicted octanol–water partition coefficient (Wildman–Crippen LogP) is 3.32. The molecule has 0 aliphatic carbocycles. The van der Waals surface area contributed by atoms with Crippen LogP contribution in [0.5, 0.6) is 5.75 Å². The van der Waals surface area contributed by atoms with E-state index in [1.54, 1.807) is 0 Å². The van der Waals surface area contributed by atoms with E-state index in [4.69, 9.17) is 21.4 Å². The molecular weight excluding hydrogens is 266 g/mol. The third-order valence-electron chi connectivity index (χ3n) is 2.56. The van der Waals surface area contributed by atoms with Crippen molar-refractivity contribution < 1.29 is 14.6 Å². The molecule has 5 heteroatoms. The third kappa shape index (κ3) is 3.45. The Hall–Kier alpha value is -2.07. The molecule has 1 aromatic heterocycles. The molecule has 0 unspecified atom stereocenters. The fraction of sp³-hybridized carbons (Fsp3) is 0.143. The summed E-state index contributed by atoms with van der Waals surface area (Å²) in [6.07, 6.45) is 2.74. The van der Waals surface area contributed by atoms with Crippen molar-refractivity contribution in [3.8, 4) is 5.75 Å². The minimum atomic E-state index is -1.04. The highest BCUT2D eigenvalue weighted by Gasteiger charge is 2.06. The Morgan fingerprint density at radius 3 is 2.84 bits per heavy atom. The average Bonchev–Trinajstić information content (AvgIpc) is 2.38. The topological polar surface area (TPSA) is 59.4 Å². The van der Waals surface area contributed by atoms with Crippen LogP contribution in [0.1, 0.15) is 21.5 Å². The number of ether oxygens (including phenoxy) is 1. The molecule has 0 spiro atoms. The quantitative estimate of drug-likeness (QED) is 0.931. The standard InChI is InChI=1S/C14H12ClNO3/c1-9-2-3-10(13(15)4-9)8-19-12-5-11(14(17)18)6-16-7-12/h2-7H,8H2,1H3,(H,17,18). The molecule has 0 fully saturated rings. The van der Waals surface area contributed by atoms with Gasteiger partial charge >= 0.3 is 5.97 Å². The van der Waals surface area contributed by atoms with E-state index < -0.39 is 5.97 Å². The summed E-state index contributed by atoms with van der Waals surface area (Å²) in [6.45, 7) is 2.22. The van der Waals surface area contributed by atoms with Crippen molar-refractivity contribution in [3.05, 3.63) is 58.4 Å². The normalized spacial score (nSPS) is 10.2. The summed E-state index contributed by atoms with van der Waals surface area (Å²) in [6, 6.07) is 7.10. The van der Waals surface area contributed by atoms with Crippen molar-refractivity contribution in [1.82, 2.24) is 4.98 Å². The Bertz CT molecular complexity index is 613. The number of nitrogens with zero attached hydrogens (tertiary/aromatic N) is 1. The van der Waals surface area contributed by atoms with E-state index in [9.17, 15) is 4.79 Å². The third-order valence-corrected chi connectivity index (χ3v) is 2.91. The van der Waals surface area contributed by atoms with Gasteiger partial charge in [-0.3, -0.25) is 4.98 Å². The number of carboxylic acids is 1. The molecule has 98 valence electrons. The Morgan fingerprint density at radius 1 is 1.37 bits per heavy atom. The average molecular weight is 278 g/mol. The molecule has 4 nitrogen and oxygen atoms in total. The SMILES string of the molecule is Cc1ccc(COc2cncc(C(=O)O)c2)c(Cl)c1. The van der Waals surface area contributed by atoms with Crippen molar-refractivity contribution in [1.29, 1.82) is 0 Å². The molecule has 0 aliphatic heterocycles. The fourth-order valence-corrected chi connectivity index (χ4v) is 1.83. The lowest BCUT2D eigenvalue weighted by Crippen LogP contribution is -2.00. The number of halogens is 1. The van der Waals surface area contributed by atoms with E-state index in [2.05, 4.69) is 4.98 Å². The number of benzene rings is 1. The minimum absolute atomic E-state index is 0.0903. The van der Waals surface area contributed by atoms with Crippen LogP contribution in [0.4, 0.5) is 0 Å². The maximum atomic E-state index is 10.8. The molecule has 0 bridgehead atoms. The first-order valence-corrected chi connectivity index (χ1v) is 6.00. The van der Waals surface area contributed by atoms with Crippen molar-refractivity contribution in [2.75, 3.05) is 0 Å². The van der Waals surface area contributed by atoms with Crippen LogP contribution in [0.3, 0.4) is 0 Å². The Kier molecular flexibility index (Phi) is 4.02. The van der Waals surface area contributed by atoms with Gasteiger partial charge in [0.05, 0.1) is 11.8 Å². The zero-order valence-corrected chi connectivity index (χ0v) is 11.0. The van der Waals surface area contributed by atoms with Crippen LogP contribution < -0.4 is 4.74 Å². The molecule has 0 radical (unpaired) electrons. The van der Waals surface area contributed by atoms with Crippen LogP contribution in [0.15, 0.2) is 36.7 Å². The van der Waals surface area contributed by atoms with Crippen molar-refractivity contribution in [2.45, 2.75) is 13.5 Å². The van der Waals surface area contributed by atoms with Gasteiger partial charge in [-0.25, -0.2) is 4.79 Å². The van der Waals surface area contributed by atoms with Gasteiger partial charge in [0.25, 0.3) is 0 Å². The molecule has 0 saturated heterocycles. The molecule has 0 saturated carbocycles.